The van der Waals surface area contributed by atoms with E-state index in [4.69, 9.17) is 5.73 Å². The van der Waals surface area contributed by atoms with Crippen LogP contribution in [0.2, 0.25) is 0 Å². The van der Waals surface area contributed by atoms with Gasteiger partial charge in [0.1, 0.15) is 5.69 Å². The van der Waals surface area contributed by atoms with Crippen LogP contribution in [0.25, 0.3) is 0 Å². The molecule has 3 N–H and O–H groups in total. The lowest BCUT2D eigenvalue weighted by molar-refractivity contribution is -0.120. The van der Waals surface area contributed by atoms with Crippen molar-refractivity contribution in [2.24, 2.45) is 18.7 Å². The van der Waals surface area contributed by atoms with Gasteiger partial charge in [-0.2, -0.15) is 0 Å². The minimum atomic E-state index is -0.452. The average molecular weight is 336 g/mol. The fraction of sp³-hybridized carbons (Fsp3) is 0.294. The number of nitrogens with zero attached hydrogens (tertiary/aromatic N) is 1. The van der Waals surface area contributed by atoms with Gasteiger partial charge in [0.25, 0.3) is 5.56 Å². The Kier molecular flexibility index (Phi) is 6.54. The number of halogens is 1. The van der Waals surface area contributed by atoms with Crippen molar-refractivity contribution in [1.82, 2.24) is 4.57 Å². The first-order chi connectivity index (χ1) is 10.4. The molecule has 0 radical (unpaired) electrons. The van der Waals surface area contributed by atoms with Crippen LogP contribution in [-0.4, -0.2) is 10.5 Å². The highest BCUT2D eigenvalue weighted by atomic mass is 35.5. The van der Waals surface area contributed by atoms with E-state index in [1.165, 1.54) is 4.57 Å². The van der Waals surface area contributed by atoms with Gasteiger partial charge in [-0.25, -0.2) is 0 Å². The number of aromatic nitrogens is 1. The van der Waals surface area contributed by atoms with Gasteiger partial charge in [-0.1, -0.05) is 37.3 Å². The second-order valence-electron chi connectivity index (χ2n) is 5.50. The Labute approximate surface area is 141 Å². The SMILES string of the molecule is Cc1ccn(C)c(=O)c1NC(=O)C(C)C(N)c1ccccc1.Cl. The topological polar surface area (TPSA) is 77.1 Å². The standard InChI is InChI=1S/C17H21N3O2.ClH/c1-11-9-10-20(3)17(22)15(11)19-16(21)12(2)14(18)13-7-5-4-6-8-13;/h4-10,12,14H,18H2,1-3H3,(H,19,21);1H. The highest BCUT2D eigenvalue weighted by Gasteiger charge is 2.23. The van der Waals surface area contributed by atoms with E-state index in [9.17, 15) is 9.59 Å². The van der Waals surface area contributed by atoms with Gasteiger partial charge in [0.2, 0.25) is 5.91 Å². The second-order valence-corrected chi connectivity index (χ2v) is 5.50. The minimum Gasteiger partial charge on any atom is -0.323 e. The van der Waals surface area contributed by atoms with Crippen LogP contribution in [0.1, 0.15) is 24.1 Å². The summed E-state index contributed by atoms with van der Waals surface area (Å²) in [5.41, 5.74) is 7.86. The van der Waals surface area contributed by atoms with E-state index in [1.807, 2.05) is 30.3 Å². The maximum atomic E-state index is 12.4. The fourth-order valence-corrected chi connectivity index (χ4v) is 2.24. The fourth-order valence-electron chi connectivity index (χ4n) is 2.24. The number of anilines is 1. The number of carbonyl (C=O) groups is 1. The summed E-state index contributed by atoms with van der Waals surface area (Å²) in [5, 5.41) is 2.72. The molecule has 6 heteroatoms. The van der Waals surface area contributed by atoms with Gasteiger partial charge in [-0.05, 0) is 24.1 Å². The second kappa shape index (κ2) is 7.94. The van der Waals surface area contributed by atoms with Crippen molar-refractivity contribution in [2.45, 2.75) is 19.9 Å². The van der Waals surface area contributed by atoms with E-state index in [1.54, 1.807) is 33.2 Å². The summed E-state index contributed by atoms with van der Waals surface area (Å²) in [6, 6.07) is 10.8. The van der Waals surface area contributed by atoms with Crippen LogP contribution in [0, 0.1) is 12.8 Å². The number of pyridine rings is 1. The smallest absolute Gasteiger partial charge is 0.274 e. The molecule has 0 saturated carbocycles. The molecule has 2 rings (SSSR count). The molecule has 0 fully saturated rings. The van der Waals surface area contributed by atoms with Crippen LogP contribution >= 0.6 is 12.4 Å². The van der Waals surface area contributed by atoms with Gasteiger partial charge in [-0.15, -0.1) is 12.4 Å². The van der Waals surface area contributed by atoms with Gasteiger partial charge in [0, 0.05) is 19.3 Å². The summed E-state index contributed by atoms with van der Waals surface area (Å²) >= 11 is 0. The first-order valence-corrected chi connectivity index (χ1v) is 7.19. The molecule has 0 aliphatic rings. The summed E-state index contributed by atoms with van der Waals surface area (Å²) in [4.78, 5) is 24.5. The highest BCUT2D eigenvalue weighted by molar-refractivity contribution is 5.93. The van der Waals surface area contributed by atoms with Crippen molar-refractivity contribution in [3.8, 4) is 0 Å². The van der Waals surface area contributed by atoms with Crippen LogP contribution in [0.15, 0.2) is 47.4 Å². The number of nitrogens with one attached hydrogen (secondary N) is 1. The Morgan fingerprint density at radius 1 is 1.22 bits per heavy atom. The molecule has 0 spiro atoms. The molecule has 1 heterocycles. The Bertz CT molecular complexity index is 728. The molecule has 2 atom stereocenters. The quantitative estimate of drug-likeness (QED) is 0.900. The van der Waals surface area contributed by atoms with E-state index < -0.39 is 12.0 Å². The number of carbonyl (C=O) groups excluding carboxylic acids is 1. The Balaban J connectivity index is 0.00000264. The van der Waals surface area contributed by atoms with Crippen molar-refractivity contribution in [1.29, 1.82) is 0 Å². The zero-order valence-electron chi connectivity index (χ0n) is 13.4. The maximum Gasteiger partial charge on any atom is 0.274 e. The lowest BCUT2D eigenvalue weighted by Crippen LogP contribution is -2.33. The molecule has 2 aromatic rings. The third kappa shape index (κ3) is 4.21. The summed E-state index contributed by atoms with van der Waals surface area (Å²) in [5.74, 6) is -0.713. The van der Waals surface area contributed by atoms with Gasteiger partial charge in [0.05, 0.1) is 5.92 Å². The molecule has 124 valence electrons. The Morgan fingerprint density at radius 2 is 1.83 bits per heavy atom. The monoisotopic (exact) mass is 335 g/mol. The van der Waals surface area contributed by atoms with Crippen molar-refractivity contribution in [2.75, 3.05) is 5.32 Å². The molecular formula is C17H22ClN3O2. The lowest BCUT2D eigenvalue weighted by Gasteiger charge is -2.20. The summed E-state index contributed by atoms with van der Waals surface area (Å²) in [6.45, 7) is 3.55. The molecule has 1 aromatic carbocycles. The highest BCUT2D eigenvalue weighted by Crippen LogP contribution is 2.20. The van der Waals surface area contributed by atoms with Gasteiger partial charge in [-0.3, -0.25) is 9.59 Å². The third-order valence-corrected chi connectivity index (χ3v) is 3.86. The van der Waals surface area contributed by atoms with Crippen molar-refractivity contribution in [3.05, 3.63) is 64.1 Å². The Morgan fingerprint density at radius 3 is 2.43 bits per heavy atom. The summed E-state index contributed by atoms with van der Waals surface area (Å²) < 4.78 is 1.43. The van der Waals surface area contributed by atoms with Gasteiger partial charge >= 0.3 is 0 Å². The molecule has 2 unspecified atom stereocenters. The van der Waals surface area contributed by atoms with Crippen molar-refractivity contribution < 1.29 is 4.79 Å². The molecule has 23 heavy (non-hydrogen) atoms. The van der Waals surface area contributed by atoms with E-state index in [0.717, 1.165) is 11.1 Å². The first kappa shape index (κ1) is 18.9. The largest absolute Gasteiger partial charge is 0.323 e. The average Bonchev–Trinajstić information content (AvgIpc) is 2.54. The number of rotatable bonds is 4. The molecule has 5 nitrogen and oxygen atoms in total. The van der Waals surface area contributed by atoms with Gasteiger partial charge < -0.3 is 15.6 Å². The molecule has 0 saturated heterocycles. The van der Waals surface area contributed by atoms with Crippen LogP contribution in [0.4, 0.5) is 5.69 Å². The van der Waals surface area contributed by atoms with Crippen LogP contribution in [0.5, 0.6) is 0 Å². The zero-order valence-corrected chi connectivity index (χ0v) is 14.3. The molecule has 1 amide bonds. The predicted molar refractivity (Wildman–Crippen MR) is 94.8 cm³/mol. The van der Waals surface area contributed by atoms with E-state index in [2.05, 4.69) is 5.32 Å². The predicted octanol–water partition coefficient (Wildman–Crippen LogP) is 2.39. The number of hydrogen-bond acceptors (Lipinski definition) is 3. The summed E-state index contributed by atoms with van der Waals surface area (Å²) in [7, 11) is 1.65. The minimum absolute atomic E-state index is 0. The zero-order chi connectivity index (χ0) is 16.3. The molecule has 0 aliphatic heterocycles. The van der Waals surface area contributed by atoms with Crippen LogP contribution in [0.3, 0.4) is 0 Å². The van der Waals surface area contributed by atoms with Gasteiger partial charge in [0.15, 0.2) is 0 Å². The summed E-state index contributed by atoms with van der Waals surface area (Å²) in [6.07, 6.45) is 1.67. The third-order valence-electron chi connectivity index (χ3n) is 3.86. The number of nitrogens with two attached hydrogens (primary N) is 1. The van der Waals surface area contributed by atoms with E-state index in [-0.39, 0.29) is 23.9 Å². The molecule has 1 aromatic heterocycles. The maximum absolute atomic E-state index is 12.4. The lowest BCUT2D eigenvalue weighted by atomic mass is 9.94. The molecule has 0 bridgehead atoms. The van der Waals surface area contributed by atoms with Crippen molar-refractivity contribution in [3.63, 3.8) is 0 Å². The first-order valence-electron chi connectivity index (χ1n) is 7.19. The normalized spacial score (nSPS) is 12.9. The van der Waals surface area contributed by atoms with E-state index >= 15 is 0 Å². The number of amides is 1. The van der Waals surface area contributed by atoms with Crippen molar-refractivity contribution >= 4 is 24.0 Å². The molecular weight excluding hydrogens is 314 g/mol. The number of aryl methyl sites for hydroxylation is 2. The molecule has 0 aliphatic carbocycles. The number of benzene rings is 1. The Hall–Kier alpha value is -2.11. The van der Waals surface area contributed by atoms with Crippen LogP contribution in [-0.2, 0) is 11.8 Å². The van der Waals surface area contributed by atoms with Crippen LogP contribution < -0.4 is 16.6 Å². The number of hydrogen-bond donors (Lipinski definition) is 2. The van der Waals surface area contributed by atoms with E-state index in [0.29, 0.717) is 5.69 Å².